The molecule has 0 aliphatic carbocycles. The second-order valence-electron chi connectivity index (χ2n) is 3.48. The Hall–Kier alpha value is -1.81. The van der Waals surface area contributed by atoms with Crippen molar-refractivity contribution in [3.05, 3.63) is 35.9 Å². The van der Waals surface area contributed by atoms with E-state index in [0.29, 0.717) is 12.4 Å². The van der Waals surface area contributed by atoms with E-state index in [1.165, 1.54) is 6.08 Å². The van der Waals surface area contributed by atoms with Crippen molar-refractivity contribution >= 4 is 12.0 Å². The number of para-hydroxylation sites is 1. The molecule has 1 saturated heterocycles. The van der Waals surface area contributed by atoms with Crippen molar-refractivity contribution in [2.24, 2.45) is 0 Å². The van der Waals surface area contributed by atoms with Gasteiger partial charge in [-0.2, -0.15) is 0 Å². The fourth-order valence-corrected chi connectivity index (χ4v) is 1.26. The SMILES string of the molecule is O=C(O)C=Cc1ccccc1OCC1CO1. The lowest BCUT2D eigenvalue weighted by molar-refractivity contribution is -0.131. The molecular weight excluding hydrogens is 208 g/mol. The molecule has 0 spiro atoms. The fraction of sp³-hybridized carbons (Fsp3) is 0.250. The highest BCUT2D eigenvalue weighted by atomic mass is 16.6. The maximum atomic E-state index is 10.4. The van der Waals surface area contributed by atoms with E-state index in [9.17, 15) is 4.79 Å². The van der Waals surface area contributed by atoms with Crippen LogP contribution in [0.25, 0.3) is 6.08 Å². The number of hydrogen-bond acceptors (Lipinski definition) is 3. The van der Waals surface area contributed by atoms with Crippen LogP contribution in [0.1, 0.15) is 5.56 Å². The Labute approximate surface area is 93.1 Å². The van der Waals surface area contributed by atoms with Gasteiger partial charge >= 0.3 is 5.97 Å². The largest absolute Gasteiger partial charge is 0.490 e. The molecular formula is C12H12O4. The monoisotopic (exact) mass is 220 g/mol. The summed E-state index contributed by atoms with van der Waals surface area (Å²) in [5.74, 6) is -0.296. The van der Waals surface area contributed by atoms with Crippen LogP contribution in [-0.4, -0.2) is 30.4 Å². The Morgan fingerprint density at radius 2 is 2.31 bits per heavy atom. The molecule has 0 amide bonds. The van der Waals surface area contributed by atoms with Gasteiger partial charge in [0, 0.05) is 11.6 Å². The van der Waals surface area contributed by atoms with Crippen LogP contribution >= 0.6 is 0 Å². The van der Waals surface area contributed by atoms with Crippen molar-refractivity contribution in [2.75, 3.05) is 13.2 Å². The number of hydrogen-bond donors (Lipinski definition) is 1. The first-order valence-electron chi connectivity index (χ1n) is 5.00. The Kier molecular flexibility index (Phi) is 3.22. The van der Waals surface area contributed by atoms with Gasteiger partial charge in [0.05, 0.1) is 6.61 Å². The molecule has 84 valence electrons. The van der Waals surface area contributed by atoms with E-state index in [1.54, 1.807) is 0 Å². The van der Waals surface area contributed by atoms with E-state index in [0.717, 1.165) is 18.2 Å². The summed E-state index contributed by atoms with van der Waals surface area (Å²) in [4.78, 5) is 10.4. The third kappa shape index (κ3) is 3.10. The summed E-state index contributed by atoms with van der Waals surface area (Å²) in [5.41, 5.74) is 0.755. The van der Waals surface area contributed by atoms with Gasteiger partial charge in [-0.25, -0.2) is 4.79 Å². The molecule has 4 heteroatoms. The Morgan fingerprint density at radius 3 is 3.00 bits per heavy atom. The summed E-state index contributed by atoms with van der Waals surface area (Å²) in [6.45, 7) is 1.26. The first-order chi connectivity index (χ1) is 7.75. The highest BCUT2D eigenvalue weighted by molar-refractivity contribution is 5.85. The molecule has 1 aromatic rings. The quantitative estimate of drug-likeness (QED) is 0.604. The maximum absolute atomic E-state index is 10.4. The number of rotatable bonds is 5. The van der Waals surface area contributed by atoms with E-state index < -0.39 is 5.97 Å². The van der Waals surface area contributed by atoms with Crippen LogP contribution in [-0.2, 0) is 9.53 Å². The summed E-state index contributed by atoms with van der Waals surface area (Å²) in [5, 5.41) is 8.55. The van der Waals surface area contributed by atoms with Crippen molar-refractivity contribution < 1.29 is 19.4 Å². The molecule has 1 aliphatic rings. The molecule has 1 aliphatic heterocycles. The third-order valence-corrected chi connectivity index (χ3v) is 2.15. The molecule has 16 heavy (non-hydrogen) atoms. The van der Waals surface area contributed by atoms with Gasteiger partial charge < -0.3 is 14.6 Å². The first-order valence-corrected chi connectivity index (χ1v) is 5.00. The van der Waals surface area contributed by atoms with Crippen LogP contribution in [0.4, 0.5) is 0 Å². The number of benzene rings is 1. The van der Waals surface area contributed by atoms with Crippen LogP contribution in [0.3, 0.4) is 0 Å². The zero-order valence-electron chi connectivity index (χ0n) is 8.63. The van der Waals surface area contributed by atoms with Gasteiger partial charge in [0.25, 0.3) is 0 Å². The second kappa shape index (κ2) is 4.81. The van der Waals surface area contributed by atoms with Gasteiger partial charge in [-0.3, -0.25) is 0 Å². The first kappa shape index (κ1) is 10.7. The molecule has 0 radical (unpaired) electrons. The van der Waals surface area contributed by atoms with Crippen molar-refractivity contribution in [1.82, 2.24) is 0 Å². The van der Waals surface area contributed by atoms with Crippen molar-refractivity contribution in [3.63, 3.8) is 0 Å². The van der Waals surface area contributed by atoms with Crippen molar-refractivity contribution in [1.29, 1.82) is 0 Å². The standard InChI is InChI=1S/C12H12O4/c13-12(14)6-5-9-3-1-2-4-11(9)16-8-10-7-15-10/h1-6,10H,7-8H2,(H,13,14). The van der Waals surface area contributed by atoms with Gasteiger partial charge in [0.1, 0.15) is 18.5 Å². The molecule has 1 atom stereocenters. The molecule has 1 fully saturated rings. The van der Waals surface area contributed by atoms with Crippen LogP contribution in [0.2, 0.25) is 0 Å². The number of carboxylic acids is 1. The van der Waals surface area contributed by atoms with E-state index in [4.69, 9.17) is 14.6 Å². The summed E-state index contributed by atoms with van der Waals surface area (Å²) < 4.78 is 10.6. The van der Waals surface area contributed by atoms with Crippen LogP contribution in [0.15, 0.2) is 30.3 Å². The number of epoxide rings is 1. The molecule has 1 aromatic carbocycles. The zero-order chi connectivity index (χ0) is 11.4. The molecule has 0 saturated carbocycles. The lowest BCUT2D eigenvalue weighted by Gasteiger charge is -2.06. The lowest BCUT2D eigenvalue weighted by atomic mass is 10.2. The van der Waals surface area contributed by atoms with Crippen LogP contribution in [0, 0.1) is 0 Å². The van der Waals surface area contributed by atoms with Gasteiger partial charge in [0.2, 0.25) is 0 Å². The Morgan fingerprint density at radius 1 is 1.56 bits per heavy atom. The van der Waals surface area contributed by atoms with Crippen LogP contribution in [0.5, 0.6) is 5.75 Å². The predicted molar refractivity (Wildman–Crippen MR) is 58.3 cm³/mol. The minimum absolute atomic E-state index is 0.191. The second-order valence-corrected chi connectivity index (χ2v) is 3.48. The van der Waals surface area contributed by atoms with Gasteiger partial charge in [0.15, 0.2) is 0 Å². The van der Waals surface area contributed by atoms with E-state index >= 15 is 0 Å². The maximum Gasteiger partial charge on any atom is 0.328 e. The normalized spacial score (nSPS) is 18.6. The number of carbonyl (C=O) groups is 1. The lowest BCUT2D eigenvalue weighted by Crippen LogP contribution is -2.04. The van der Waals surface area contributed by atoms with Gasteiger partial charge in [-0.1, -0.05) is 18.2 Å². The molecule has 1 N–H and O–H groups in total. The van der Waals surface area contributed by atoms with E-state index in [-0.39, 0.29) is 6.10 Å². The predicted octanol–water partition coefficient (Wildman–Crippen LogP) is 1.56. The average Bonchev–Trinajstić information content (AvgIpc) is 3.08. The highest BCUT2D eigenvalue weighted by Crippen LogP contribution is 2.21. The third-order valence-electron chi connectivity index (χ3n) is 2.15. The van der Waals surface area contributed by atoms with Crippen molar-refractivity contribution in [3.8, 4) is 5.75 Å². The average molecular weight is 220 g/mol. The molecule has 0 bridgehead atoms. The zero-order valence-corrected chi connectivity index (χ0v) is 8.63. The topological polar surface area (TPSA) is 59.1 Å². The van der Waals surface area contributed by atoms with Crippen LogP contribution < -0.4 is 4.74 Å². The summed E-state index contributed by atoms with van der Waals surface area (Å²) in [6, 6.07) is 7.30. The summed E-state index contributed by atoms with van der Waals surface area (Å²) >= 11 is 0. The summed E-state index contributed by atoms with van der Waals surface area (Å²) in [7, 11) is 0. The highest BCUT2D eigenvalue weighted by Gasteiger charge is 2.23. The number of ether oxygens (including phenoxy) is 2. The minimum Gasteiger partial charge on any atom is -0.490 e. The summed E-state index contributed by atoms with van der Waals surface area (Å²) in [6.07, 6.45) is 2.80. The Balaban J connectivity index is 2.05. The Bertz CT molecular complexity index is 407. The number of aliphatic carboxylic acids is 1. The van der Waals surface area contributed by atoms with E-state index in [2.05, 4.69) is 0 Å². The molecule has 1 heterocycles. The number of carboxylic acid groups (broad SMARTS) is 1. The van der Waals surface area contributed by atoms with Crippen molar-refractivity contribution in [2.45, 2.75) is 6.10 Å². The van der Waals surface area contributed by atoms with Gasteiger partial charge in [-0.15, -0.1) is 0 Å². The fourth-order valence-electron chi connectivity index (χ4n) is 1.26. The molecule has 4 nitrogen and oxygen atoms in total. The smallest absolute Gasteiger partial charge is 0.328 e. The van der Waals surface area contributed by atoms with Gasteiger partial charge in [-0.05, 0) is 12.1 Å². The molecule has 0 aromatic heterocycles. The molecule has 2 rings (SSSR count). The minimum atomic E-state index is -0.972. The molecule has 1 unspecified atom stereocenters. The van der Waals surface area contributed by atoms with E-state index in [1.807, 2.05) is 24.3 Å².